The van der Waals surface area contributed by atoms with Gasteiger partial charge in [-0.15, -0.1) is 0 Å². The fourth-order valence-electron chi connectivity index (χ4n) is 2.51. The van der Waals surface area contributed by atoms with Crippen LogP contribution in [0.3, 0.4) is 0 Å². The normalized spacial score (nSPS) is 10.6. The van der Waals surface area contributed by atoms with E-state index in [0.29, 0.717) is 17.1 Å². The zero-order chi connectivity index (χ0) is 17.1. The van der Waals surface area contributed by atoms with Gasteiger partial charge in [0.1, 0.15) is 0 Å². The van der Waals surface area contributed by atoms with E-state index < -0.39 is 0 Å². The molecule has 6 heteroatoms. The van der Waals surface area contributed by atoms with Crippen LogP contribution in [0, 0.1) is 13.8 Å². The van der Waals surface area contributed by atoms with Crippen molar-refractivity contribution in [2.45, 2.75) is 20.4 Å². The Balaban J connectivity index is 1.85. The molecule has 2 aromatic heterocycles. The van der Waals surface area contributed by atoms with Crippen molar-refractivity contribution < 1.29 is 4.79 Å². The zero-order valence-electron chi connectivity index (χ0n) is 13.5. The smallest absolute Gasteiger partial charge is 0.255 e. The Kier molecular flexibility index (Phi) is 4.62. The van der Waals surface area contributed by atoms with Crippen molar-refractivity contribution in [2.24, 2.45) is 0 Å². The fourth-order valence-corrected chi connectivity index (χ4v) is 2.70. The third-order valence-electron chi connectivity index (χ3n) is 3.84. The first-order chi connectivity index (χ1) is 11.6. The topological polar surface area (TPSA) is 59.8 Å². The van der Waals surface area contributed by atoms with Gasteiger partial charge in [-0.1, -0.05) is 29.8 Å². The molecule has 0 aliphatic rings. The molecule has 24 heavy (non-hydrogen) atoms. The number of nitrogens with zero attached hydrogens (tertiary/aromatic N) is 3. The highest BCUT2D eigenvalue weighted by atomic mass is 35.5. The van der Waals surface area contributed by atoms with Crippen LogP contribution in [0.1, 0.15) is 27.3 Å². The van der Waals surface area contributed by atoms with Crippen LogP contribution in [0.25, 0.3) is 0 Å². The van der Waals surface area contributed by atoms with Gasteiger partial charge in [0.05, 0.1) is 23.6 Å². The van der Waals surface area contributed by atoms with Crippen LogP contribution < -0.4 is 5.32 Å². The third kappa shape index (κ3) is 3.31. The number of carbonyl (C=O) groups excluding carboxylic acids is 1. The SMILES string of the molecule is Cc1nn(Cc2ccccc2Cl)c(C)c1NC(=O)c1ccncc1. The van der Waals surface area contributed by atoms with Gasteiger partial charge in [0.2, 0.25) is 0 Å². The number of aromatic nitrogens is 3. The zero-order valence-corrected chi connectivity index (χ0v) is 14.2. The summed E-state index contributed by atoms with van der Waals surface area (Å²) in [6, 6.07) is 11.0. The molecule has 0 radical (unpaired) electrons. The number of pyridine rings is 1. The third-order valence-corrected chi connectivity index (χ3v) is 4.21. The Hall–Kier alpha value is -2.66. The maximum atomic E-state index is 12.3. The summed E-state index contributed by atoms with van der Waals surface area (Å²) in [6.07, 6.45) is 3.19. The van der Waals surface area contributed by atoms with E-state index in [9.17, 15) is 4.79 Å². The van der Waals surface area contributed by atoms with Crippen molar-refractivity contribution in [1.29, 1.82) is 0 Å². The highest BCUT2D eigenvalue weighted by Crippen LogP contribution is 2.23. The lowest BCUT2D eigenvalue weighted by molar-refractivity contribution is 0.102. The van der Waals surface area contributed by atoms with Crippen LogP contribution in [0.2, 0.25) is 5.02 Å². The van der Waals surface area contributed by atoms with Crippen molar-refractivity contribution in [3.05, 3.63) is 76.3 Å². The molecular formula is C18H17ClN4O. The molecule has 1 N–H and O–H groups in total. The maximum Gasteiger partial charge on any atom is 0.255 e. The largest absolute Gasteiger partial charge is 0.319 e. The van der Waals surface area contributed by atoms with E-state index in [2.05, 4.69) is 15.4 Å². The van der Waals surface area contributed by atoms with Gasteiger partial charge in [0, 0.05) is 23.0 Å². The molecule has 0 saturated carbocycles. The Bertz CT molecular complexity index is 874. The fraction of sp³-hybridized carbons (Fsp3) is 0.167. The van der Waals surface area contributed by atoms with Gasteiger partial charge in [0.15, 0.2) is 0 Å². The van der Waals surface area contributed by atoms with Gasteiger partial charge in [-0.3, -0.25) is 14.5 Å². The molecular weight excluding hydrogens is 324 g/mol. The first-order valence-corrected chi connectivity index (χ1v) is 7.93. The van der Waals surface area contributed by atoms with Gasteiger partial charge in [-0.25, -0.2) is 0 Å². The molecule has 3 aromatic rings. The van der Waals surface area contributed by atoms with Crippen LogP contribution in [-0.2, 0) is 6.54 Å². The van der Waals surface area contributed by atoms with Crippen molar-refractivity contribution in [3.8, 4) is 0 Å². The summed E-state index contributed by atoms with van der Waals surface area (Å²) >= 11 is 6.22. The Morgan fingerprint density at radius 1 is 1.17 bits per heavy atom. The second kappa shape index (κ2) is 6.84. The summed E-state index contributed by atoms with van der Waals surface area (Å²) in [5, 5.41) is 8.16. The van der Waals surface area contributed by atoms with E-state index in [1.807, 2.05) is 42.8 Å². The molecule has 5 nitrogen and oxygen atoms in total. The summed E-state index contributed by atoms with van der Waals surface area (Å²) in [7, 11) is 0. The van der Waals surface area contributed by atoms with Crippen molar-refractivity contribution >= 4 is 23.2 Å². The molecule has 3 rings (SSSR count). The van der Waals surface area contributed by atoms with E-state index >= 15 is 0 Å². The molecule has 0 saturated heterocycles. The van der Waals surface area contributed by atoms with Gasteiger partial charge < -0.3 is 5.32 Å². The van der Waals surface area contributed by atoms with E-state index in [1.165, 1.54) is 0 Å². The Labute approximate surface area is 145 Å². The first kappa shape index (κ1) is 16.2. The lowest BCUT2D eigenvalue weighted by Gasteiger charge is -2.08. The molecule has 0 atom stereocenters. The monoisotopic (exact) mass is 340 g/mol. The van der Waals surface area contributed by atoms with Crippen LogP contribution in [-0.4, -0.2) is 20.7 Å². The van der Waals surface area contributed by atoms with E-state index in [4.69, 9.17) is 11.6 Å². The number of aryl methyl sites for hydroxylation is 1. The summed E-state index contributed by atoms with van der Waals surface area (Å²) < 4.78 is 1.85. The number of hydrogen-bond acceptors (Lipinski definition) is 3. The minimum atomic E-state index is -0.180. The number of amides is 1. The average molecular weight is 341 g/mol. The minimum Gasteiger partial charge on any atom is -0.319 e. The number of benzene rings is 1. The molecule has 0 spiro atoms. The van der Waals surface area contributed by atoms with Crippen LogP contribution >= 0.6 is 11.6 Å². The summed E-state index contributed by atoms with van der Waals surface area (Å²) in [5.74, 6) is -0.180. The van der Waals surface area contributed by atoms with Gasteiger partial charge >= 0.3 is 0 Å². The predicted octanol–water partition coefficient (Wildman–Crippen LogP) is 3.85. The van der Waals surface area contributed by atoms with E-state index in [1.54, 1.807) is 24.5 Å². The minimum absolute atomic E-state index is 0.180. The van der Waals surface area contributed by atoms with Gasteiger partial charge in [0.25, 0.3) is 5.91 Å². The van der Waals surface area contributed by atoms with Crippen molar-refractivity contribution in [3.63, 3.8) is 0 Å². The summed E-state index contributed by atoms with van der Waals surface area (Å²) in [6.45, 7) is 4.36. The van der Waals surface area contributed by atoms with Crippen molar-refractivity contribution in [2.75, 3.05) is 5.32 Å². The van der Waals surface area contributed by atoms with Gasteiger partial charge in [-0.05, 0) is 37.6 Å². The number of rotatable bonds is 4. The van der Waals surface area contributed by atoms with Crippen molar-refractivity contribution in [1.82, 2.24) is 14.8 Å². The highest BCUT2D eigenvalue weighted by Gasteiger charge is 2.15. The Morgan fingerprint density at radius 3 is 2.58 bits per heavy atom. The molecule has 2 heterocycles. The standard InChI is InChI=1S/C18H17ClN4O/c1-12-17(21-18(24)14-7-9-20-10-8-14)13(2)23(22-12)11-15-5-3-4-6-16(15)19/h3-10H,11H2,1-2H3,(H,21,24). The second-order valence-electron chi connectivity index (χ2n) is 5.48. The number of nitrogens with one attached hydrogen (secondary N) is 1. The first-order valence-electron chi connectivity index (χ1n) is 7.55. The molecule has 1 amide bonds. The number of hydrogen-bond donors (Lipinski definition) is 1. The quantitative estimate of drug-likeness (QED) is 0.784. The second-order valence-corrected chi connectivity index (χ2v) is 5.89. The molecule has 1 aromatic carbocycles. The molecule has 122 valence electrons. The molecule has 0 fully saturated rings. The number of carbonyl (C=O) groups is 1. The maximum absolute atomic E-state index is 12.3. The summed E-state index contributed by atoms with van der Waals surface area (Å²) in [5.41, 5.74) is 3.92. The summed E-state index contributed by atoms with van der Waals surface area (Å²) in [4.78, 5) is 16.3. The molecule has 0 aliphatic heterocycles. The molecule has 0 unspecified atom stereocenters. The van der Waals surface area contributed by atoms with E-state index in [-0.39, 0.29) is 5.91 Å². The van der Waals surface area contributed by atoms with Crippen LogP contribution in [0.4, 0.5) is 5.69 Å². The highest BCUT2D eigenvalue weighted by molar-refractivity contribution is 6.31. The Morgan fingerprint density at radius 2 is 1.88 bits per heavy atom. The van der Waals surface area contributed by atoms with Crippen LogP contribution in [0.15, 0.2) is 48.8 Å². The predicted molar refractivity (Wildman–Crippen MR) is 94.4 cm³/mol. The molecule has 0 bridgehead atoms. The van der Waals surface area contributed by atoms with Crippen LogP contribution in [0.5, 0.6) is 0 Å². The number of anilines is 1. The lowest BCUT2D eigenvalue weighted by atomic mass is 10.2. The van der Waals surface area contributed by atoms with E-state index in [0.717, 1.165) is 22.6 Å². The molecule has 0 aliphatic carbocycles. The van der Waals surface area contributed by atoms with Gasteiger partial charge in [-0.2, -0.15) is 5.10 Å². The lowest BCUT2D eigenvalue weighted by Crippen LogP contribution is -2.13. The number of halogens is 1. The average Bonchev–Trinajstić information content (AvgIpc) is 2.85.